The van der Waals surface area contributed by atoms with E-state index in [1.54, 1.807) is 0 Å². The molecule has 2 aromatic rings. The standard InChI is InChI=1S/C17H25N3O3/c21-11-10-19-6-8-20(9-7-19)12-14(22)13-23-17-3-1-2-16-15(17)4-5-18-16/h1-5,14,18,21-22H,6-13H2. The number of aliphatic hydroxyl groups excluding tert-OH is 2. The summed E-state index contributed by atoms with van der Waals surface area (Å²) in [7, 11) is 0. The van der Waals surface area contributed by atoms with Crippen molar-refractivity contribution >= 4 is 10.9 Å². The Balaban J connectivity index is 1.45. The number of aromatic amines is 1. The van der Waals surface area contributed by atoms with Crippen molar-refractivity contribution in [3.05, 3.63) is 30.5 Å². The summed E-state index contributed by atoms with van der Waals surface area (Å²) >= 11 is 0. The van der Waals surface area contributed by atoms with Crippen LogP contribution in [0.3, 0.4) is 0 Å². The molecule has 1 aromatic heterocycles. The van der Waals surface area contributed by atoms with Crippen molar-refractivity contribution in [3.63, 3.8) is 0 Å². The molecule has 3 N–H and O–H groups in total. The fourth-order valence-electron chi connectivity index (χ4n) is 3.06. The number of piperazine rings is 1. The molecule has 0 saturated carbocycles. The third-order valence-electron chi connectivity index (χ3n) is 4.34. The predicted molar refractivity (Wildman–Crippen MR) is 89.8 cm³/mol. The van der Waals surface area contributed by atoms with Crippen molar-refractivity contribution in [3.8, 4) is 5.75 Å². The van der Waals surface area contributed by atoms with Gasteiger partial charge in [-0.05, 0) is 18.2 Å². The van der Waals surface area contributed by atoms with Crippen molar-refractivity contribution in [1.29, 1.82) is 0 Å². The van der Waals surface area contributed by atoms with E-state index in [-0.39, 0.29) is 6.61 Å². The van der Waals surface area contributed by atoms with Gasteiger partial charge in [0.2, 0.25) is 0 Å². The molecule has 0 spiro atoms. The Morgan fingerprint density at radius 1 is 1.13 bits per heavy atom. The van der Waals surface area contributed by atoms with Crippen LogP contribution in [0.1, 0.15) is 0 Å². The molecule has 0 bridgehead atoms. The van der Waals surface area contributed by atoms with Gasteiger partial charge in [0.1, 0.15) is 18.5 Å². The molecular weight excluding hydrogens is 294 g/mol. The minimum Gasteiger partial charge on any atom is -0.490 e. The first-order valence-corrected chi connectivity index (χ1v) is 8.19. The lowest BCUT2D eigenvalue weighted by molar-refractivity contribution is 0.0432. The summed E-state index contributed by atoms with van der Waals surface area (Å²) in [6.07, 6.45) is 1.38. The summed E-state index contributed by atoms with van der Waals surface area (Å²) in [5.74, 6) is 0.801. The molecule has 1 fully saturated rings. The zero-order valence-electron chi connectivity index (χ0n) is 13.3. The quantitative estimate of drug-likeness (QED) is 0.694. The molecule has 1 aliphatic heterocycles. The molecule has 6 nitrogen and oxygen atoms in total. The van der Waals surface area contributed by atoms with Crippen molar-refractivity contribution in [2.75, 3.05) is 52.5 Å². The number of β-amino-alcohol motifs (C(OH)–C–C–N with tert-alkyl or cyclic N) is 2. The molecular formula is C17H25N3O3. The normalized spacial score (nSPS) is 18.3. The zero-order chi connectivity index (χ0) is 16.1. The van der Waals surface area contributed by atoms with Crippen LogP contribution in [0.15, 0.2) is 30.5 Å². The number of benzene rings is 1. The van der Waals surface area contributed by atoms with E-state index in [0.717, 1.165) is 49.4 Å². The Hall–Kier alpha value is -1.60. The monoisotopic (exact) mass is 319 g/mol. The van der Waals surface area contributed by atoms with E-state index < -0.39 is 6.10 Å². The first kappa shape index (κ1) is 16.3. The Morgan fingerprint density at radius 3 is 2.70 bits per heavy atom. The minimum absolute atomic E-state index is 0.209. The molecule has 6 heteroatoms. The molecule has 1 aromatic carbocycles. The van der Waals surface area contributed by atoms with Gasteiger partial charge in [-0.15, -0.1) is 0 Å². The molecule has 0 radical (unpaired) electrons. The topological polar surface area (TPSA) is 72.0 Å². The van der Waals surface area contributed by atoms with Gasteiger partial charge in [0.05, 0.1) is 6.61 Å². The summed E-state index contributed by atoms with van der Waals surface area (Å²) in [5.41, 5.74) is 1.04. The van der Waals surface area contributed by atoms with Gasteiger partial charge in [0, 0.05) is 56.4 Å². The van der Waals surface area contributed by atoms with Crippen molar-refractivity contribution in [2.45, 2.75) is 6.10 Å². The number of aromatic nitrogens is 1. The highest BCUT2D eigenvalue weighted by Crippen LogP contribution is 2.24. The van der Waals surface area contributed by atoms with E-state index in [0.29, 0.717) is 13.2 Å². The molecule has 23 heavy (non-hydrogen) atoms. The molecule has 2 heterocycles. The van der Waals surface area contributed by atoms with Gasteiger partial charge in [-0.25, -0.2) is 0 Å². The highest BCUT2D eigenvalue weighted by Gasteiger charge is 2.19. The third-order valence-corrected chi connectivity index (χ3v) is 4.34. The van der Waals surface area contributed by atoms with E-state index in [1.165, 1.54) is 0 Å². The average molecular weight is 319 g/mol. The number of ether oxygens (including phenoxy) is 1. The zero-order valence-corrected chi connectivity index (χ0v) is 13.3. The summed E-state index contributed by atoms with van der Waals surface area (Å²) in [6.45, 7) is 5.58. The number of nitrogens with zero attached hydrogens (tertiary/aromatic N) is 2. The van der Waals surface area contributed by atoms with Crippen LogP contribution < -0.4 is 4.74 Å². The molecule has 0 amide bonds. The summed E-state index contributed by atoms with van der Waals surface area (Å²) in [6, 6.07) is 7.86. The molecule has 1 saturated heterocycles. The van der Waals surface area contributed by atoms with Crippen LogP contribution in [0.5, 0.6) is 5.75 Å². The van der Waals surface area contributed by atoms with Crippen LogP contribution in [0.4, 0.5) is 0 Å². The van der Waals surface area contributed by atoms with E-state index in [1.807, 2.05) is 30.5 Å². The number of hydrogen-bond donors (Lipinski definition) is 3. The van der Waals surface area contributed by atoms with Crippen LogP contribution in [0.2, 0.25) is 0 Å². The average Bonchev–Trinajstić information content (AvgIpc) is 3.04. The Morgan fingerprint density at radius 2 is 1.91 bits per heavy atom. The molecule has 1 atom stereocenters. The van der Waals surface area contributed by atoms with E-state index in [2.05, 4.69) is 14.8 Å². The maximum atomic E-state index is 10.2. The fourth-order valence-corrected chi connectivity index (χ4v) is 3.06. The Kier molecular flexibility index (Phi) is 5.51. The maximum Gasteiger partial charge on any atom is 0.128 e. The van der Waals surface area contributed by atoms with Crippen molar-refractivity contribution in [2.24, 2.45) is 0 Å². The second-order valence-electron chi connectivity index (χ2n) is 6.03. The van der Waals surface area contributed by atoms with Gasteiger partial charge in [-0.2, -0.15) is 0 Å². The van der Waals surface area contributed by atoms with Gasteiger partial charge in [-0.1, -0.05) is 6.07 Å². The van der Waals surface area contributed by atoms with Crippen LogP contribution >= 0.6 is 0 Å². The van der Waals surface area contributed by atoms with Gasteiger partial charge in [-0.3, -0.25) is 9.80 Å². The number of hydrogen-bond acceptors (Lipinski definition) is 5. The lowest BCUT2D eigenvalue weighted by Gasteiger charge is -2.35. The number of nitrogens with one attached hydrogen (secondary N) is 1. The van der Waals surface area contributed by atoms with Crippen LogP contribution in [-0.4, -0.2) is 83.6 Å². The number of rotatable bonds is 7. The number of aliphatic hydroxyl groups is 2. The SMILES string of the molecule is OCCN1CCN(CC(O)COc2cccc3[nH]ccc23)CC1. The minimum atomic E-state index is -0.506. The molecule has 126 valence electrons. The van der Waals surface area contributed by atoms with Gasteiger partial charge in [0.15, 0.2) is 0 Å². The van der Waals surface area contributed by atoms with E-state index in [4.69, 9.17) is 9.84 Å². The molecule has 0 aliphatic carbocycles. The summed E-state index contributed by atoms with van der Waals surface area (Å²) < 4.78 is 5.80. The molecule has 1 aliphatic rings. The predicted octanol–water partition coefficient (Wildman–Crippen LogP) is 0.517. The molecule has 1 unspecified atom stereocenters. The first-order chi connectivity index (χ1) is 11.3. The summed E-state index contributed by atoms with van der Waals surface area (Å²) in [4.78, 5) is 7.65. The largest absolute Gasteiger partial charge is 0.490 e. The Labute approximate surface area is 136 Å². The number of H-pyrrole nitrogens is 1. The highest BCUT2D eigenvalue weighted by atomic mass is 16.5. The van der Waals surface area contributed by atoms with Crippen LogP contribution in [-0.2, 0) is 0 Å². The van der Waals surface area contributed by atoms with Gasteiger partial charge < -0.3 is 19.9 Å². The number of fused-ring (bicyclic) bond motifs is 1. The first-order valence-electron chi connectivity index (χ1n) is 8.19. The Bertz CT molecular complexity index is 608. The smallest absolute Gasteiger partial charge is 0.128 e. The lowest BCUT2D eigenvalue weighted by atomic mass is 10.2. The van der Waals surface area contributed by atoms with E-state index >= 15 is 0 Å². The lowest BCUT2D eigenvalue weighted by Crippen LogP contribution is -2.49. The second kappa shape index (κ2) is 7.79. The van der Waals surface area contributed by atoms with Crippen molar-refractivity contribution < 1.29 is 14.9 Å². The second-order valence-corrected chi connectivity index (χ2v) is 6.03. The van der Waals surface area contributed by atoms with Crippen molar-refractivity contribution in [1.82, 2.24) is 14.8 Å². The maximum absolute atomic E-state index is 10.2. The van der Waals surface area contributed by atoms with Crippen LogP contribution in [0, 0.1) is 0 Å². The van der Waals surface area contributed by atoms with Crippen LogP contribution in [0.25, 0.3) is 10.9 Å². The third kappa shape index (κ3) is 4.23. The summed E-state index contributed by atoms with van der Waals surface area (Å²) in [5, 5.41) is 20.2. The van der Waals surface area contributed by atoms with E-state index in [9.17, 15) is 5.11 Å². The fraction of sp³-hybridized carbons (Fsp3) is 0.529. The van der Waals surface area contributed by atoms with Gasteiger partial charge >= 0.3 is 0 Å². The molecule has 3 rings (SSSR count). The van der Waals surface area contributed by atoms with Gasteiger partial charge in [0.25, 0.3) is 0 Å². The highest BCUT2D eigenvalue weighted by molar-refractivity contribution is 5.85.